The number of likely N-dealkylation sites (tertiary alicyclic amines) is 1. The summed E-state index contributed by atoms with van der Waals surface area (Å²) in [7, 11) is 0. The molecular formula is C19H21ClN2OS. The summed E-state index contributed by atoms with van der Waals surface area (Å²) < 4.78 is 0. The number of thiophene rings is 1. The van der Waals surface area contributed by atoms with Crippen molar-refractivity contribution in [1.29, 1.82) is 0 Å². The van der Waals surface area contributed by atoms with Crippen LogP contribution >= 0.6 is 22.9 Å². The molecule has 0 aliphatic carbocycles. The normalized spacial score (nSPS) is 19.3. The number of rotatable bonds is 2. The molecule has 2 aliphatic heterocycles. The molecule has 24 heavy (non-hydrogen) atoms. The smallest absolute Gasteiger partial charge is 0.255 e. The highest BCUT2D eigenvalue weighted by atomic mass is 35.5. The summed E-state index contributed by atoms with van der Waals surface area (Å²) in [6, 6.07) is 10.2. The largest absolute Gasteiger partial charge is 0.338 e. The van der Waals surface area contributed by atoms with Crippen molar-refractivity contribution in [3.8, 4) is 0 Å². The molecule has 1 aromatic heterocycles. The minimum Gasteiger partial charge on any atom is -0.338 e. The topological polar surface area (TPSA) is 23.6 Å². The zero-order chi connectivity index (χ0) is 16.5. The Morgan fingerprint density at radius 3 is 2.71 bits per heavy atom. The van der Waals surface area contributed by atoms with Gasteiger partial charge in [0, 0.05) is 37.1 Å². The van der Waals surface area contributed by atoms with Crippen molar-refractivity contribution < 1.29 is 4.79 Å². The van der Waals surface area contributed by atoms with E-state index < -0.39 is 0 Å². The second-order valence-corrected chi connectivity index (χ2v) is 8.00. The molecule has 1 amide bonds. The first-order chi connectivity index (χ1) is 11.7. The molecule has 0 unspecified atom stereocenters. The zero-order valence-electron chi connectivity index (χ0n) is 13.6. The Balaban J connectivity index is 1.37. The third kappa shape index (κ3) is 3.10. The summed E-state index contributed by atoms with van der Waals surface area (Å²) in [5, 5.41) is 2.75. The molecule has 0 bridgehead atoms. The van der Waals surface area contributed by atoms with E-state index in [4.69, 9.17) is 11.6 Å². The van der Waals surface area contributed by atoms with E-state index in [0.29, 0.717) is 16.6 Å². The molecule has 126 valence electrons. The molecule has 1 saturated heterocycles. The summed E-state index contributed by atoms with van der Waals surface area (Å²) in [5.74, 6) is 0.0674. The predicted octanol–water partition coefficient (Wildman–Crippen LogP) is 4.06. The zero-order valence-corrected chi connectivity index (χ0v) is 15.2. The maximum Gasteiger partial charge on any atom is 0.255 e. The number of nitrogens with zero attached hydrogens (tertiary/aromatic N) is 2. The molecule has 0 N–H and O–H groups in total. The molecular weight excluding hydrogens is 340 g/mol. The SMILES string of the molecule is O=C(c1ccccc1Cl)N1CCC(N2CCc3sccc3C2)CC1. The molecule has 1 fully saturated rings. The van der Waals surface area contributed by atoms with E-state index in [1.807, 2.05) is 34.4 Å². The molecule has 1 aromatic carbocycles. The maximum absolute atomic E-state index is 12.7. The fourth-order valence-corrected chi connectivity index (χ4v) is 4.93. The number of carbonyl (C=O) groups is 1. The van der Waals surface area contributed by atoms with Gasteiger partial charge in [-0.1, -0.05) is 23.7 Å². The van der Waals surface area contributed by atoms with Gasteiger partial charge in [0.25, 0.3) is 5.91 Å². The highest BCUT2D eigenvalue weighted by Crippen LogP contribution is 2.28. The van der Waals surface area contributed by atoms with Crippen LogP contribution in [0.3, 0.4) is 0 Å². The van der Waals surface area contributed by atoms with Crippen molar-refractivity contribution in [3.63, 3.8) is 0 Å². The Hall–Kier alpha value is -1.36. The Kier molecular flexibility index (Phi) is 4.61. The third-order valence-electron chi connectivity index (χ3n) is 5.21. The lowest BCUT2D eigenvalue weighted by Gasteiger charge is -2.40. The van der Waals surface area contributed by atoms with Crippen molar-refractivity contribution in [2.45, 2.75) is 31.8 Å². The van der Waals surface area contributed by atoms with E-state index in [1.165, 1.54) is 12.0 Å². The number of carbonyl (C=O) groups excluding carboxylic acids is 1. The van der Waals surface area contributed by atoms with Gasteiger partial charge in [0.2, 0.25) is 0 Å². The summed E-state index contributed by atoms with van der Waals surface area (Å²) in [4.78, 5) is 18.8. The van der Waals surface area contributed by atoms with Gasteiger partial charge in [0.15, 0.2) is 0 Å². The number of hydrogen-bond acceptors (Lipinski definition) is 3. The monoisotopic (exact) mass is 360 g/mol. The fraction of sp³-hybridized carbons (Fsp3) is 0.421. The van der Waals surface area contributed by atoms with Crippen LogP contribution in [0.4, 0.5) is 0 Å². The minimum absolute atomic E-state index is 0.0674. The van der Waals surface area contributed by atoms with E-state index in [9.17, 15) is 4.79 Å². The number of fused-ring (bicyclic) bond motifs is 1. The Labute approximate surface area is 151 Å². The number of amides is 1. The van der Waals surface area contributed by atoms with Gasteiger partial charge in [0.1, 0.15) is 0 Å². The lowest BCUT2D eigenvalue weighted by atomic mass is 9.99. The predicted molar refractivity (Wildman–Crippen MR) is 98.8 cm³/mol. The molecule has 0 atom stereocenters. The second-order valence-electron chi connectivity index (χ2n) is 6.59. The Morgan fingerprint density at radius 2 is 1.92 bits per heavy atom. The molecule has 3 heterocycles. The van der Waals surface area contributed by atoms with Crippen LogP contribution in [0.5, 0.6) is 0 Å². The van der Waals surface area contributed by atoms with Gasteiger partial charge in [0.05, 0.1) is 10.6 Å². The van der Waals surface area contributed by atoms with Crippen LogP contribution in [0.1, 0.15) is 33.6 Å². The van der Waals surface area contributed by atoms with Gasteiger partial charge in [-0.3, -0.25) is 9.69 Å². The van der Waals surface area contributed by atoms with Crippen LogP contribution in [-0.4, -0.2) is 41.4 Å². The highest BCUT2D eigenvalue weighted by molar-refractivity contribution is 7.10. The average Bonchev–Trinajstić information content (AvgIpc) is 3.09. The third-order valence-corrected chi connectivity index (χ3v) is 6.56. The number of benzene rings is 1. The van der Waals surface area contributed by atoms with Crippen LogP contribution in [0.25, 0.3) is 0 Å². The summed E-state index contributed by atoms with van der Waals surface area (Å²) in [5.41, 5.74) is 2.12. The van der Waals surface area contributed by atoms with Crippen LogP contribution in [-0.2, 0) is 13.0 Å². The maximum atomic E-state index is 12.7. The fourth-order valence-electron chi connectivity index (χ4n) is 3.82. The number of hydrogen-bond donors (Lipinski definition) is 0. The van der Waals surface area contributed by atoms with E-state index in [-0.39, 0.29) is 5.91 Å². The summed E-state index contributed by atoms with van der Waals surface area (Å²) in [6.07, 6.45) is 3.27. The first-order valence-corrected chi connectivity index (χ1v) is 9.81. The van der Waals surface area contributed by atoms with Gasteiger partial charge in [-0.05, 0) is 48.4 Å². The molecule has 5 heteroatoms. The van der Waals surface area contributed by atoms with Crippen LogP contribution in [0.2, 0.25) is 5.02 Å². The van der Waals surface area contributed by atoms with Gasteiger partial charge in [-0.2, -0.15) is 0 Å². The lowest BCUT2D eigenvalue weighted by Crippen LogP contribution is -2.47. The average molecular weight is 361 g/mol. The molecule has 0 radical (unpaired) electrons. The van der Waals surface area contributed by atoms with Gasteiger partial charge >= 0.3 is 0 Å². The van der Waals surface area contributed by atoms with Gasteiger partial charge in [-0.15, -0.1) is 11.3 Å². The van der Waals surface area contributed by atoms with E-state index >= 15 is 0 Å². The van der Waals surface area contributed by atoms with Gasteiger partial charge < -0.3 is 4.90 Å². The van der Waals surface area contributed by atoms with Crippen molar-refractivity contribution in [3.05, 3.63) is 56.7 Å². The number of halogens is 1. The minimum atomic E-state index is 0.0674. The van der Waals surface area contributed by atoms with Crippen LogP contribution < -0.4 is 0 Å². The van der Waals surface area contributed by atoms with Crippen molar-refractivity contribution in [2.75, 3.05) is 19.6 Å². The standard InChI is InChI=1S/C19H21ClN2OS/c20-17-4-2-1-3-16(17)19(23)21-9-5-15(6-10-21)22-11-7-18-14(13-22)8-12-24-18/h1-4,8,12,15H,5-7,9-11,13H2. The molecule has 0 saturated carbocycles. The van der Waals surface area contributed by atoms with Crippen molar-refractivity contribution >= 4 is 28.8 Å². The van der Waals surface area contributed by atoms with Crippen LogP contribution in [0.15, 0.2) is 35.7 Å². The van der Waals surface area contributed by atoms with Crippen molar-refractivity contribution in [2.24, 2.45) is 0 Å². The molecule has 3 nitrogen and oxygen atoms in total. The number of piperidine rings is 1. The molecule has 4 rings (SSSR count). The first-order valence-electron chi connectivity index (χ1n) is 8.55. The highest BCUT2D eigenvalue weighted by Gasteiger charge is 2.30. The molecule has 2 aromatic rings. The summed E-state index contributed by atoms with van der Waals surface area (Å²) in [6.45, 7) is 3.86. The lowest BCUT2D eigenvalue weighted by molar-refractivity contribution is 0.0600. The summed E-state index contributed by atoms with van der Waals surface area (Å²) >= 11 is 8.06. The van der Waals surface area contributed by atoms with Gasteiger partial charge in [-0.25, -0.2) is 0 Å². The Morgan fingerprint density at radius 1 is 1.12 bits per heavy atom. The Bertz CT molecular complexity index is 736. The van der Waals surface area contributed by atoms with Crippen molar-refractivity contribution in [1.82, 2.24) is 9.80 Å². The quantitative estimate of drug-likeness (QED) is 0.806. The second kappa shape index (κ2) is 6.87. The van der Waals surface area contributed by atoms with E-state index in [2.05, 4.69) is 16.3 Å². The molecule has 2 aliphatic rings. The van der Waals surface area contributed by atoms with Crippen LogP contribution in [0, 0.1) is 0 Å². The van der Waals surface area contributed by atoms with E-state index in [0.717, 1.165) is 39.0 Å². The van der Waals surface area contributed by atoms with E-state index in [1.54, 1.807) is 10.9 Å². The first kappa shape index (κ1) is 16.1. The molecule has 0 spiro atoms.